The molecule has 0 bridgehead atoms. The molecule has 1 unspecified atom stereocenters. The molecule has 1 N–H and O–H groups in total. The van der Waals surface area contributed by atoms with Gasteiger partial charge in [-0.1, -0.05) is 6.07 Å². The standard InChI is InChI=1S/C13H16N2O4/c1-15(8-9-4-3-7-19-9)12(16)10-5-2-6-11(14-10)13(17)18/h2,5-6,9H,3-4,7-8H2,1H3,(H,17,18). The summed E-state index contributed by atoms with van der Waals surface area (Å²) in [5.74, 6) is -1.44. The molecular weight excluding hydrogens is 248 g/mol. The van der Waals surface area contributed by atoms with Gasteiger partial charge in [0.2, 0.25) is 0 Å². The van der Waals surface area contributed by atoms with E-state index in [1.54, 1.807) is 7.05 Å². The molecule has 102 valence electrons. The number of hydrogen-bond donors (Lipinski definition) is 1. The number of carboxylic acid groups (broad SMARTS) is 1. The van der Waals surface area contributed by atoms with Gasteiger partial charge in [-0.2, -0.15) is 0 Å². The Morgan fingerprint density at radius 3 is 2.84 bits per heavy atom. The number of aromatic nitrogens is 1. The number of nitrogens with zero attached hydrogens (tertiary/aromatic N) is 2. The molecule has 0 spiro atoms. The molecule has 1 aromatic heterocycles. The topological polar surface area (TPSA) is 79.7 Å². The van der Waals surface area contributed by atoms with Crippen LogP contribution in [-0.4, -0.2) is 53.2 Å². The van der Waals surface area contributed by atoms with Crippen LogP contribution in [0.2, 0.25) is 0 Å². The van der Waals surface area contributed by atoms with E-state index < -0.39 is 5.97 Å². The fourth-order valence-corrected chi connectivity index (χ4v) is 2.05. The molecule has 1 fully saturated rings. The molecule has 1 aromatic rings. The molecule has 19 heavy (non-hydrogen) atoms. The van der Waals surface area contributed by atoms with Crippen LogP contribution >= 0.6 is 0 Å². The minimum atomic E-state index is -1.14. The molecule has 1 aliphatic rings. The predicted octanol–water partition coefficient (Wildman–Crippen LogP) is 1.03. The highest BCUT2D eigenvalue weighted by molar-refractivity contribution is 5.94. The second kappa shape index (κ2) is 5.79. The van der Waals surface area contributed by atoms with Crippen molar-refractivity contribution in [3.8, 4) is 0 Å². The Morgan fingerprint density at radius 2 is 2.21 bits per heavy atom. The Hall–Kier alpha value is -1.95. The molecule has 1 saturated heterocycles. The molecule has 1 amide bonds. The molecule has 0 aliphatic carbocycles. The van der Waals surface area contributed by atoms with Crippen LogP contribution in [0.1, 0.15) is 33.8 Å². The lowest BCUT2D eigenvalue weighted by atomic mass is 10.2. The van der Waals surface area contributed by atoms with E-state index in [1.807, 2.05) is 0 Å². The Morgan fingerprint density at radius 1 is 1.47 bits per heavy atom. The molecule has 0 saturated carbocycles. The van der Waals surface area contributed by atoms with Crippen molar-refractivity contribution in [2.75, 3.05) is 20.2 Å². The van der Waals surface area contributed by atoms with Gasteiger partial charge in [0.05, 0.1) is 6.10 Å². The number of carbonyl (C=O) groups is 2. The Bertz CT molecular complexity index is 483. The molecular formula is C13H16N2O4. The van der Waals surface area contributed by atoms with Crippen molar-refractivity contribution >= 4 is 11.9 Å². The van der Waals surface area contributed by atoms with Crippen LogP contribution in [0.4, 0.5) is 0 Å². The van der Waals surface area contributed by atoms with Crippen molar-refractivity contribution in [2.45, 2.75) is 18.9 Å². The van der Waals surface area contributed by atoms with E-state index in [4.69, 9.17) is 9.84 Å². The summed E-state index contributed by atoms with van der Waals surface area (Å²) < 4.78 is 5.46. The smallest absolute Gasteiger partial charge is 0.354 e. The van der Waals surface area contributed by atoms with Gasteiger partial charge in [-0.25, -0.2) is 9.78 Å². The van der Waals surface area contributed by atoms with Gasteiger partial charge >= 0.3 is 5.97 Å². The lowest BCUT2D eigenvalue weighted by molar-refractivity contribution is 0.0582. The van der Waals surface area contributed by atoms with Crippen molar-refractivity contribution in [1.29, 1.82) is 0 Å². The molecule has 2 heterocycles. The van der Waals surface area contributed by atoms with Crippen molar-refractivity contribution < 1.29 is 19.4 Å². The molecule has 1 aliphatic heterocycles. The van der Waals surface area contributed by atoms with Gasteiger partial charge in [-0.05, 0) is 25.0 Å². The minimum Gasteiger partial charge on any atom is -0.477 e. The van der Waals surface area contributed by atoms with Crippen LogP contribution in [0.5, 0.6) is 0 Å². The highest BCUT2D eigenvalue weighted by Crippen LogP contribution is 2.13. The number of amides is 1. The van der Waals surface area contributed by atoms with Crippen LogP contribution < -0.4 is 0 Å². The van der Waals surface area contributed by atoms with E-state index in [2.05, 4.69) is 4.98 Å². The van der Waals surface area contributed by atoms with E-state index >= 15 is 0 Å². The van der Waals surface area contributed by atoms with Gasteiger partial charge < -0.3 is 14.7 Å². The zero-order valence-electron chi connectivity index (χ0n) is 10.7. The fraction of sp³-hybridized carbons (Fsp3) is 0.462. The average Bonchev–Trinajstić information content (AvgIpc) is 2.90. The Kier molecular flexibility index (Phi) is 4.11. The first-order valence-electron chi connectivity index (χ1n) is 6.15. The van der Waals surface area contributed by atoms with Gasteiger partial charge in [0.25, 0.3) is 5.91 Å². The van der Waals surface area contributed by atoms with Gasteiger partial charge in [-0.15, -0.1) is 0 Å². The summed E-state index contributed by atoms with van der Waals surface area (Å²) in [5.41, 5.74) is 0.0109. The van der Waals surface area contributed by atoms with Crippen LogP contribution in [0.15, 0.2) is 18.2 Å². The lowest BCUT2D eigenvalue weighted by Crippen LogP contribution is -2.34. The average molecular weight is 264 g/mol. The molecule has 6 heteroatoms. The SMILES string of the molecule is CN(CC1CCCO1)C(=O)c1cccc(C(=O)O)n1. The zero-order valence-corrected chi connectivity index (χ0v) is 10.7. The first-order chi connectivity index (χ1) is 9.08. The summed E-state index contributed by atoms with van der Waals surface area (Å²) in [4.78, 5) is 28.3. The summed E-state index contributed by atoms with van der Waals surface area (Å²) in [5, 5.41) is 8.85. The van der Waals surface area contributed by atoms with Crippen LogP contribution in [0.3, 0.4) is 0 Å². The Labute approximate surface area is 111 Å². The number of ether oxygens (including phenoxy) is 1. The summed E-state index contributed by atoms with van der Waals surface area (Å²) in [7, 11) is 1.67. The fourth-order valence-electron chi connectivity index (χ4n) is 2.05. The van der Waals surface area contributed by atoms with Gasteiger partial charge in [-0.3, -0.25) is 4.79 Å². The van der Waals surface area contributed by atoms with Crippen LogP contribution in [0.25, 0.3) is 0 Å². The summed E-state index contributed by atoms with van der Waals surface area (Å²) in [6, 6.07) is 4.39. The van der Waals surface area contributed by atoms with E-state index in [9.17, 15) is 9.59 Å². The van der Waals surface area contributed by atoms with Crippen molar-refractivity contribution in [2.24, 2.45) is 0 Å². The number of hydrogen-bond acceptors (Lipinski definition) is 4. The number of aromatic carboxylic acids is 1. The monoisotopic (exact) mass is 264 g/mol. The molecule has 0 aromatic carbocycles. The number of likely N-dealkylation sites (N-methyl/N-ethyl adjacent to an activating group) is 1. The van der Waals surface area contributed by atoms with Gasteiger partial charge in [0, 0.05) is 20.2 Å². The lowest BCUT2D eigenvalue weighted by Gasteiger charge is -2.20. The van der Waals surface area contributed by atoms with Crippen molar-refractivity contribution in [3.63, 3.8) is 0 Å². The van der Waals surface area contributed by atoms with E-state index in [-0.39, 0.29) is 23.4 Å². The second-order valence-electron chi connectivity index (χ2n) is 4.53. The highest BCUT2D eigenvalue weighted by atomic mass is 16.5. The number of carbonyl (C=O) groups excluding carboxylic acids is 1. The van der Waals surface area contributed by atoms with Gasteiger partial charge in [0.15, 0.2) is 0 Å². The van der Waals surface area contributed by atoms with Gasteiger partial charge in [0.1, 0.15) is 11.4 Å². The summed E-state index contributed by atoms with van der Waals surface area (Å²) in [6.45, 7) is 1.23. The number of carboxylic acids is 1. The normalized spacial score (nSPS) is 18.3. The quantitative estimate of drug-likeness (QED) is 0.878. The molecule has 6 nitrogen and oxygen atoms in total. The maximum atomic E-state index is 12.1. The third-order valence-electron chi connectivity index (χ3n) is 3.04. The van der Waals surface area contributed by atoms with Crippen molar-refractivity contribution in [1.82, 2.24) is 9.88 Å². The highest BCUT2D eigenvalue weighted by Gasteiger charge is 2.21. The predicted molar refractivity (Wildman–Crippen MR) is 67.1 cm³/mol. The number of pyridine rings is 1. The largest absolute Gasteiger partial charge is 0.477 e. The van der Waals surface area contributed by atoms with Crippen LogP contribution in [0, 0.1) is 0 Å². The van der Waals surface area contributed by atoms with E-state index in [1.165, 1.54) is 23.1 Å². The summed E-state index contributed by atoms with van der Waals surface area (Å²) in [6.07, 6.45) is 2.02. The van der Waals surface area contributed by atoms with E-state index in [0.29, 0.717) is 6.54 Å². The zero-order chi connectivity index (χ0) is 13.8. The van der Waals surface area contributed by atoms with Crippen LogP contribution in [-0.2, 0) is 4.74 Å². The van der Waals surface area contributed by atoms with Crippen molar-refractivity contribution in [3.05, 3.63) is 29.6 Å². The Balaban J connectivity index is 2.05. The molecule has 1 atom stereocenters. The third kappa shape index (κ3) is 3.29. The molecule has 0 radical (unpaired) electrons. The van der Waals surface area contributed by atoms with E-state index in [0.717, 1.165) is 19.4 Å². The maximum absolute atomic E-state index is 12.1. The third-order valence-corrected chi connectivity index (χ3v) is 3.04. The maximum Gasteiger partial charge on any atom is 0.354 e. The summed E-state index contributed by atoms with van der Waals surface area (Å²) >= 11 is 0. The second-order valence-corrected chi connectivity index (χ2v) is 4.53. The number of rotatable bonds is 4. The molecule has 2 rings (SSSR count). The minimum absolute atomic E-state index is 0.0663. The first kappa shape index (κ1) is 13.5. The first-order valence-corrected chi connectivity index (χ1v) is 6.15.